The van der Waals surface area contributed by atoms with E-state index < -0.39 is 5.41 Å². The summed E-state index contributed by atoms with van der Waals surface area (Å²) in [6.45, 7) is 3.22. The van der Waals surface area contributed by atoms with Gasteiger partial charge in [-0.3, -0.25) is 4.79 Å². The van der Waals surface area contributed by atoms with Crippen LogP contribution in [0.4, 0.5) is 4.39 Å². The number of piperidine rings is 1. The van der Waals surface area contributed by atoms with Crippen LogP contribution in [0.1, 0.15) is 38.2 Å². The molecule has 1 aromatic rings. The molecule has 3 nitrogen and oxygen atoms in total. The van der Waals surface area contributed by atoms with Crippen LogP contribution in [-0.4, -0.2) is 23.9 Å². The van der Waals surface area contributed by atoms with Crippen molar-refractivity contribution < 1.29 is 9.18 Å². The molecule has 0 aromatic heterocycles. The summed E-state index contributed by atoms with van der Waals surface area (Å²) in [7, 11) is 0. The number of amides is 1. The van der Waals surface area contributed by atoms with Crippen molar-refractivity contribution in [2.75, 3.05) is 13.1 Å². The van der Waals surface area contributed by atoms with Crippen molar-refractivity contribution in [2.24, 2.45) is 5.41 Å². The first-order chi connectivity index (χ1) is 10.0. The average molecular weight is 288 g/mol. The molecule has 1 aromatic carbocycles. The highest BCUT2D eigenvalue weighted by Gasteiger charge is 2.32. The molecular weight excluding hydrogens is 267 g/mol. The molecule has 1 amide bonds. The normalized spacial score (nSPS) is 21.9. The summed E-state index contributed by atoms with van der Waals surface area (Å²) in [6.07, 6.45) is 3.77. The fourth-order valence-electron chi connectivity index (χ4n) is 2.80. The Morgan fingerprint density at radius 3 is 2.81 bits per heavy atom. The van der Waals surface area contributed by atoms with Gasteiger partial charge in [0.15, 0.2) is 0 Å². The fraction of sp³-hybridized carbons (Fsp3) is 0.529. The molecular formula is C17H21FN2O. The Labute approximate surface area is 125 Å². The van der Waals surface area contributed by atoms with Crippen molar-refractivity contribution in [3.05, 3.63) is 35.6 Å². The predicted octanol–water partition coefficient (Wildman–Crippen LogP) is 3.30. The molecule has 0 unspecified atom stereocenters. The largest absolute Gasteiger partial charge is 0.341 e. The fourth-order valence-corrected chi connectivity index (χ4v) is 2.80. The lowest BCUT2D eigenvalue weighted by atomic mass is 9.83. The third-order valence-electron chi connectivity index (χ3n) is 4.09. The molecule has 2 rings (SSSR count). The maximum Gasteiger partial charge on any atom is 0.222 e. The van der Waals surface area contributed by atoms with Gasteiger partial charge < -0.3 is 4.90 Å². The topological polar surface area (TPSA) is 44.1 Å². The van der Waals surface area contributed by atoms with Gasteiger partial charge in [-0.15, -0.1) is 0 Å². The van der Waals surface area contributed by atoms with Crippen molar-refractivity contribution in [1.29, 1.82) is 5.26 Å². The van der Waals surface area contributed by atoms with Crippen molar-refractivity contribution in [2.45, 2.75) is 39.0 Å². The van der Waals surface area contributed by atoms with E-state index in [2.05, 4.69) is 6.07 Å². The van der Waals surface area contributed by atoms with E-state index in [-0.39, 0.29) is 11.7 Å². The van der Waals surface area contributed by atoms with Crippen molar-refractivity contribution in [3.8, 4) is 6.07 Å². The van der Waals surface area contributed by atoms with Gasteiger partial charge in [0.05, 0.1) is 11.5 Å². The number of likely N-dealkylation sites (tertiary alicyclic amines) is 1. The number of benzene rings is 1. The molecule has 21 heavy (non-hydrogen) atoms. The van der Waals surface area contributed by atoms with Crippen LogP contribution in [0.15, 0.2) is 24.3 Å². The van der Waals surface area contributed by atoms with Gasteiger partial charge in [0, 0.05) is 19.5 Å². The maximum absolute atomic E-state index is 12.8. The van der Waals surface area contributed by atoms with E-state index in [1.807, 2.05) is 11.8 Å². The average Bonchev–Trinajstić information content (AvgIpc) is 2.49. The van der Waals surface area contributed by atoms with Crippen LogP contribution in [0, 0.1) is 22.6 Å². The lowest BCUT2D eigenvalue weighted by molar-refractivity contribution is -0.133. The van der Waals surface area contributed by atoms with Crippen LogP contribution in [0.2, 0.25) is 0 Å². The Hall–Kier alpha value is -1.89. The second-order valence-corrected chi connectivity index (χ2v) is 6.07. The Morgan fingerprint density at radius 2 is 2.14 bits per heavy atom. The number of carbonyl (C=O) groups is 1. The monoisotopic (exact) mass is 288 g/mol. The zero-order chi connectivity index (χ0) is 15.3. The predicted molar refractivity (Wildman–Crippen MR) is 78.9 cm³/mol. The molecule has 0 bridgehead atoms. The molecule has 0 radical (unpaired) electrons. The molecule has 0 saturated carbocycles. The van der Waals surface area contributed by atoms with Gasteiger partial charge in [-0.25, -0.2) is 4.39 Å². The van der Waals surface area contributed by atoms with Gasteiger partial charge >= 0.3 is 0 Å². The number of rotatable bonds is 4. The van der Waals surface area contributed by atoms with E-state index in [9.17, 15) is 14.4 Å². The number of nitriles is 1. The van der Waals surface area contributed by atoms with Gasteiger partial charge in [0.2, 0.25) is 5.91 Å². The molecule has 0 spiro atoms. The lowest BCUT2D eigenvalue weighted by Gasteiger charge is -2.36. The van der Waals surface area contributed by atoms with Gasteiger partial charge in [0.25, 0.3) is 0 Å². The van der Waals surface area contributed by atoms with E-state index in [1.54, 1.807) is 12.1 Å². The summed E-state index contributed by atoms with van der Waals surface area (Å²) in [5.74, 6) is -0.114. The van der Waals surface area contributed by atoms with E-state index >= 15 is 0 Å². The molecule has 112 valence electrons. The van der Waals surface area contributed by atoms with Crippen LogP contribution in [0.5, 0.6) is 0 Å². The number of carbonyl (C=O) groups excluding carboxylic acids is 1. The molecule has 0 aliphatic carbocycles. The molecule has 1 heterocycles. The standard InChI is InChI=1S/C17H21FN2O/c1-17(12-19)10-3-11-20(13-17)16(21)5-2-4-14-6-8-15(18)9-7-14/h6-9H,2-5,10-11,13H2,1H3/t17-/m1/s1. The third-order valence-corrected chi connectivity index (χ3v) is 4.09. The van der Waals surface area contributed by atoms with Crippen LogP contribution >= 0.6 is 0 Å². The first-order valence-electron chi connectivity index (χ1n) is 7.46. The first-order valence-corrected chi connectivity index (χ1v) is 7.46. The smallest absolute Gasteiger partial charge is 0.222 e. The Bertz CT molecular complexity index is 535. The Kier molecular flexibility index (Phi) is 4.95. The summed E-state index contributed by atoms with van der Waals surface area (Å²) in [5, 5.41) is 9.18. The third kappa shape index (κ3) is 4.29. The molecule has 0 N–H and O–H groups in total. The number of hydrogen-bond donors (Lipinski definition) is 0. The highest BCUT2D eigenvalue weighted by atomic mass is 19.1. The molecule has 4 heteroatoms. The zero-order valence-corrected chi connectivity index (χ0v) is 12.4. The summed E-state index contributed by atoms with van der Waals surface area (Å²) < 4.78 is 12.8. The minimum Gasteiger partial charge on any atom is -0.341 e. The summed E-state index contributed by atoms with van der Waals surface area (Å²) in [5.41, 5.74) is 0.648. The summed E-state index contributed by atoms with van der Waals surface area (Å²) >= 11 is 0. The van der Waals surface area contributed by atoms with Crippen molar-refractivity contribution >= 4 is 5.91 Å². The second-order valence-electron chi connectivity index (χ2n) is 6.07. The van der Waals surface area contributed by atoms with E-state index in [0.29, 0.717) is 13.0 Å². The van der Waals surface area contributed by atoms with E-state index in [1.165, 1.54) is 12.1 Å². The number of nitrogens with zero attached hydrogens (tertiary/aromatic N) is 2. The van der Waals surface area contributed by atoms with Crippen molar-refractivity contribution in [1.82, 2.24) is 4.90 Å². The molecule has 1 atom stereocenters. The SMILES string of the molecule is C[C@]1(C#N)CCCN(C(=O)CCCc2ccc(F)cc2)C1. The minimum absolute atomic E-state index is 0.123. The molecule has 1 aliphatic heterocycles. The highest BCUT2D eigenvalue weighted by molar-refractivity contribution is 5.76. The molecule has 1 fully saturated rings. The Morgan fingerprint density at radius 1 is 1.43 bits per heavy atom. The van der Waals surface area contributed by atoms with Gasteiger partial charge in [-0.1, -0.05) is 12.1 Å². The maximum atomic E-state index is 12.8. The van der Waals surface area contributed by atoms with Crippen LogP contribution in [-0.2, 0) is 11.2 Å². The minimum atomic E-state index is -0.398. The summed E-state index contributed by atoms with van der Waals surface area (Å²) in [6, 6.07) is 8.73. The first kappa shape index (κ1) is 15.5. The van der Waals surface area contributed by atoms with Crippen LogP contribution < -0.4 is 0 Å². The summed E-state index contributed by atoms with van der Waals surface area (Å²) in [4.78, 5) is 14.0. The highest BCUT2D eigenvalue weighted by Crippen LogP contribution is 2.28. The molecule has 1 aliphatic rings. The van der Waals surface area contributed by atoms with E-state index in [0.717, 1.165) is 37.8 Å². The lowest BCUT2D eigenvalue weighted by Crippen LogP contribution is -2.44. The number of halogens is 1. The van der Waals surface area contributed by atoms with Gasteiger partial charge in [0.1, 0.15) is 5.82 Å². The second kappa shape index (κ2) is 6.71. The quantitative estimate of drug-likeness (QED) is 0.853. The van der Waals surface area contributed by atoms with Crippen molar-refractivity contribution in [3.63, 3.8) is 0 Å². The van der Waals surface area contributed by atoms with Gasteiger partial charge in [-0.05, 0) is 50.3 Å². The van der Waals surface area contributed by atoms with Gasteiger partial charge in [-0.2, -0.15) is 5.26 Å². The number of aryl methyl sites for hydroxylation is 1. The van der Waals surface area contributed by atoms with Crippen LogP contribution in [0.25, 0.3) is 0 Å². The van der Waals surface area contributed by atoms with E-state index in [4.69, 9.17) is 0 Å². The Balaban J connectivity index is 1.79. The molecule has 1 saturated heterocycles. The zero-order valence-electron chi connectivity index (χ0n) is 12.4. The van der Waals surface area contributed by atoms with Crippen LogP contribution in [0.3, 0.4) is 0 Å². The number of hydrogen-bond acceptors (Lipinski definition) is 2.